The van der Waals surface area contributed by atoms with Crippen molar-refractivity contribution in [1.82, 2.24) is 14.8 Å². The van der Waals surface area contributed by atoms with Crippen LogP contribution in [0.4, 0.5) is 11.5 Å². The molecule has 128 valence electrons. The summed E-state index contributed by atoms with van der Waals surface area (Å²) in [6.07, 6.45) is 5.35. The molecule has 0 unspecified atom stereocenters. The highest BCUT2D eigenvalue weighted by molar-refractivity contribution is 5.90. The molecule has 0 aliphatic carbocycles. The van der Waals surface area contributed by atoms with E-state index >= 15 is 0 Å². The highest BCUT2D eigenvalue weighted by atomic mass is 16.1. The van der Waals surface area contributed by atoms with Crippen molar-refractivity contribution >= 4 is 17.4 Å². The van der Waals surface area contributed by atoms with Gasteiger partial charge in [0.1, 0.15) is 5.82 Å². The topological polar surface area (TPSA) is 63.1 Å². The summed E-state index contributed by atoms with van der Waals surface area (Å²) in [6, 6.07) is 3.91. The molecule has 2 aromatic heterocycles. The standard InChI is InChI=1S/C18H25N5O/c1-13-16(14(2)22(3)21-13)7-9-18(24)20-15-6-8-17(19-12-15)23-10-4-5-11-23/h6,8,12H,4-5,7,9-11H2,1-3H3,(H,20,24). The molecule has 3 heterocycles. The molecule has 3 rings (SSSR count). The summed E-state index contributed by atoms with van der Waals surface area (Å²) in [5.74, 6) is 1.00. The van der Waals surface area contributed by atoms with Crippen LogP contribution in [0.1, 0.15) is 36.2 Å². The number of hydrogen-bond acceptors (Lipinski definition) is 4. The van der Waals surface area contributed by atoms with E-state index in [1.54, 1.807) is 6.20 Å². The third-order valence-electron chi connectivity index (χ3n) is 4.72. The summed E-state index contributed by atoms with van der Waals surface area (Å²) < 4.78 is 1.86. The van der Waals surface area contributed by atoms with Gasteiger partial charge in [-0.25, -0.2) is 4.98 Å². The lowest BCUT2D eigenvalue weighted by molar-refractivity contribution is -0.116. The fraction of sp³-hybridized carbons (Fsp3) is 0.500. The molecule has 6 heteroatoms. The van der Waals surface area contributed by atoms with Gasteiger partial charge >= 0.3 is 0 Å². The van der Waals surface area contributed by atoms with Crippen molar-refractivity contribution < 1.29 is 4.79 Å². The second-order valence-corrected chi connectivity index (χ2v) is 6.42. The fourth-order valence-corrected chi connectivity index (χ4v) is 3.23. The summed E-state index contributed by atoms with van der Waals surface area (Å²) in [5, 5.41) is 7.32. The quantitative estimate of drug-likeness (QED) is 0.917. The van der Waals surface area contributed by atoms with Crippen molar-refractivity contribution in [3.8, 4) is 0 Å². The van der Waals surface area contributed by atoms with E-state index in [1.807, 2.05) is 37.7 Å². The number of nitrogens with zero attached hydrogens (tertiary/aromatic N) is 4. The first-order valence-electron chi connectivity index (χ1n) is 8.54. The van der Waals surface area contributed by atoms with Gasteiger partial charge in [-0.15, -0.1) is 0 Å². The molecule has 0 aromatic carbocycles. The molecule has 0 radical (unpaired) electrons. The van der Waals surface area contributed by atoms with Crippen LogP contribution in [-0.2, 0) is 18.3 Å². The molecule has 0 bridgehead atoms. The molecule has 1 aliphatic rings. The normalized spacial score (nSPS) is 14.2. The molecule has 1 fully saturated rings. The Kier molecular flexibility index (Phi) is 4.83. The molecule has 6 nitrogen and oxygen atoms in total. The largest absolute Gasteiger partial charge is 0.357 e. The predicted octanol–water partition coefficient (Wildman–Crippen LogP) is 2.60. The zero-order valence-electron chi connectivity index (χ0n) is 14.7. The highest BCUT2D eigenvalue weighted by Gasteiger charge is 2.14. The first-order chi connectivity index (χ1) is 11.5. The van der Waals surface area contributed by atoms with Gasteiger partial charge in [0, 0.05) is 32.3 Å². The van der Waals surface area contributed by atoms with Crippen LogP contribution in [0.5, 0.6) is 0 Å². The minimum Gasteiger partial charge on any atom is -0.357 e. The molecular weight excluding hydrogens is 302 g/mol. The first kappa shape index (κ1) is 16.5. The molecule has 2 aromatic rings. The molecule has 1 aliphatic heterocycles. The Bertz CT molecular complexity index is 714. The maximum atomic E-state index is 12.2. The minimum absolute atomic E-state index is 0.00776. The zero-order chi connectivity index (χ0) is 17.1. The van der Waals surface area contributed by atoms with E-state index in [2.05, 4.69) is 20.3 Å². The van der Waals surface area contributed by atoms with E-state index in [1.165, 1.54) is 12.8 Å². The SMILES string of the molecule is Cc1nn(C)c(C)c1CCC(=O)Nc1ccc(N2CCCC2)nc1. The van der Waals surface area contributed by atoms with Crippen LogP contribution < -0.4 is 10.2 Å². The Labute approximate surface area is 142 Å². The van der Waals surface area contributed by atoms with Gasteiger partial charge in [-0.3, -0.25) is 9.48 Å². The van der Waals surface area contributed by atoms with Crippen LogP contribution in [0, 0.1) is 13.8 Å². The number of anilines is 2. The third kappa shape index (κ3) is 3.58. The number of rotatable bonds is 5. The summed E-state index contributed by atoms with van der Waals surface area (Å²) in [6.45, 7) is 6.17. The van der Waals surface area contributed by atoms with Crippen molar-refractivity contribution in [1.29, 1.82) is 0 Å². The maximum absolute atomic E-state index is 12.2. The average molecular weight is 327 g/mol. The number of pyridine rings is 1. The summed E-state index contributed by atoms with van der Waals surface area (Å²) in [5.41, 5.74) is 4.04. The molecule has 0 atom stereocenters. The monoisotopic (exact) mass is 327 g/mol. The lowest BCUT2D eigenvalue weighted by Gasteiger charge is -2.16. The van der Waals surface area contributed by atoms with Crippen LogP contribution >= 0.6 is 0 Å². The van der Waals surface area contributed by atoms with Crippen molar-refractivity contribution in [2.24, 2.45) is 7.05 Å². The molecule has 1 saturated heterocycles. The van der Waals surface area contributed by atoms with E-state index in [0.29, 0.717) is 12.8 Å². The van der Waals surface area contributed by atoms with Gasteiger partial charge in [0.15, 0.2) is 0 Å². The first-order valence-corrected chi connectivity index (χ1v) is 8.54. The van der Waals surface area contributed by atoms with E-state index < -0.39 is 0 Å². The predicted molar refractivity (Wildman–Crippen MR) is 95.3 cm³/mol. The minimum atomic E-state index is 0.00776. The molecule has 1 amide bonds. The van der Waals surface area contributed by atoms with Gasteiger partial charge in [0.05, 0.1) is 17.6 Å². The molecule has 24 heavy (non-hydrogen) atoms. The van der Waals surface area contributed by atoms with E-state index in [-0.39, 0.29) is 5.91 Å². The van der Waals surface area contributed by atoms with Crippen LogP contribution in [0.15, 0.2) is 18.3 Å². The lowest BCUT2D eigenvalue weighted by Crippen LogP contribution is -2.19. The van der Waals surface area contributed by atoms with Gasteiger partial charge in [-0.05, 0) is 50.8 Å². The number of carbonyl (C=O) groups excluding carboxylic acids is 1. The van der Waals surface area contributed by atoms with Crippen LogP contribution in [0.3, 0.4) is 0 Å². The van der Waals surface area contributed by atoms with Gasteiger partial charge in [-0.1, -0.05) is 0 Å². The van der Waals surface area contributed by atoms with Crippen LogP contribution in [-0.4, -0.2) is 33.8 Å². The number of carbonyl (C=O) groups is 1. The summed E-state index contributed by atoms with van der Waals surface area (Å²) >= 11 is 0. The second-order valence-electron chi connectivity index (χ2n) is 6.42. The Morgan fingerprint density at radius 3 is 2.58 bits per heavy atom. The van der Waals surface area contributed by atoms with E-state index in [9.17, 15) is 4.79 Å². The fourth-order valence-electron chi connectivity index (χ4n) is 3.23. The number of nitrogens with one attached hydrogen (secondary N) is 1. The Morgan fingerprint density at radius 1 is 1.25 bits per heavy atom. The second kappa shape index (κ2) is 7.03. The van der Waals surface area contributed by atoms with Gasteiger partial charge in [0.25, 0.3) is 0 Å². The smallest absolute Gasteiger partial charge is 0.224 e. The van der Waals surface area contributed by atoms with Crippen molar-refractivity contribution in [2.75, 3.05) is 23.3 Å². The Hall–Kier alpha value is -2.37. The zero-order valence-corrected chi connectivity index (χ0v) is 14.7. The average Bonchev–Trinajstić information content (AvgIpc) is 3.17. The number of hydrogen-bond donors (Lipinski definition) is 1. The number of aryl methyl sites for hydroxylation is 2. The van der Waals surface area contributed by atoms with Crippen molar-refractivity contribution in [3.05, 3.63) is 35.3 Å². The molecular formula is C18H25N5O. The maximum Gasteiger partial charge on any atom is 0.224 e. The number of amides is 1. The van der Waals surface area contributed by atoms with Crippen molar-refractivity contribution in [2.45, 2.75) is 39.5 Å². The van der Waals surface area contributed by atoms with E-state index in [0.717, 1.165) is 41.5 Å². The molecule has 1 N–H and O–H groups in total. The van der Waals surface area contributed by atoms with E-state index in [4.69, 9.17) is 0 Å². The molecule has 0 saturated carbocycles. The van der Waals surface area contributed by atoms with Crippen molar-refractivity contribution in [3.63, 3.8) is 0 Å². The summed E-state index contributed by atoms with van der Waals surface area (Å²) in [4.78, 5) is 18.9. The van der Waals surface area contributed by atoms with Crippen LogP contribution in [0.2, 0.25) is 0 Å². The van der Waals surface area contributed by atoms with Gasteiger partial charge in [0.2, 0.25) is 5.91 Å². The number of aromatic nitrogens is 3. The molecule has 0 spiro atoms. The van der Waals surface area contributed by atoms with Crippen LogP contribution in [0.25, 0.3) is 0 Å². The Balaban J connectivity index is 1.54. The lowest BCUT2D eigenvalue weighted by atomic mass is 10.1. The Morgan fingerprint density at radius 2 is 2.00 bits per heavy atom. The third-order valence-corrected chi connectivity index (χ3v) is 4.72. The van der Waals surface area contributed by atoms with Gasteiger partial charge < -0.3 is 10.2 Å². The summed E-state index contributed by atoms with van der Waals surface area (Å²) in [7, 11) is 1.93. The van der Waals surface area contributed by atoms with Gasteiger partial charge in [-0.2, -0.15) is 5.10 Å². The highest BCUT2D eigenvalue weighted by Crippen LogP contribution is 2.19.